The summed E-state index contributed by atoms with van der Waals surface area (Å²) in [7, 11) is 0. The van der Waals surface area contributed by atoms with Crippen molar-refractivity contribution in [3.63, 3.8) is 0 Å². The summed E-state index contributed by atoms with van der Waals surface area (Å²) >= 11 is 6.47. The minimum atomic E-state index is -0.333. The smallest absolute Gasteiger partial charge is 0.123 e. The molecule has 0 amide bonds. The van der Waals surface area contributed by atoms with Crippen LogP contribution in [0.4, 0.5) is 4.39 Å². The van der Waals surface area contributed by atoms with Crippen LogP contribution in [0.5, 0.6) is 0 Å². The summed E-state index contributed by atoms with van der Waals surface area (Å²) in [6, 6.07) is 11.0. The van der Waals surface area contributed by atoms with Gasteiger partial charge in [-0.1, -0.05) is 24.3 Å². The van der Waals surface area contributed by atoms with E-state index in [1.165, 1.54) is 23.3 Å². The first-order valence-corrected chi connectivity index (χ1v) is 6.68. The summed E-state index contributed by atoms with van der Waals surface area (Å²) in [6.07, 6.45) is 0. The molecule has 1 aliphatic heterocycles. The van der Waals surface area contributed by atoms with Gasteiger partial charge in [-0.25, -0.2) is 4.39 Å². The number of aryl methyl sites for hydroxylation is 1. The Bertz CT molecular complexity index is 604. The summed E-state index contributed by atoms with van der Waals surface area (Å²) in [5.74, 6) is -0.245. The third-order valence-electron chi connectivity index (χ3n) is 3.40. The largest absolute Gasteiger partial charge is 0.372 e. The lowest BCUT2D eigenvalue weighted by atomic mass is 9.99. The van der Waals surface area contributed by atoms with Crippen LogP contribution in [0.25, 0.3) is 0 Å². The minimum absolute atomic E-state index is 0.245. The molecule has 0 fully saturated rings. The predicted molar refractivity (Wildman–Crippen MR) is 73.8 cm³/mol. The van der Waals surface area contributed by atoms with E-state index >= 15 is 0 Å². The van der Waals surface area contributed by atoms with Crippen molar-refractivity contribution in [2.24, 2.45) is 0 Å². The molecule has 3 rings (SSSR count). The van der Waals surface area contributed by atoms with Gasteiger partial charge in [0.1, 0.15) is 5.82 Å². The van der Waals surface area contributed by atoms with E-state index in [9.17, 15) is 4.39 Å². The van der Waals surface area contributed by atoms with Crippen LogP contribution in [0.2, 0.25) is 0 Å². The molecule has 98 valence electrons. The first kappa shape index (κ1) is 12.6. The molecule has 1 nitrogen and oxygen atoms in total. The van der Waals surface area contributed by atoms with Gasteiger partial charge >= 0.3 is 0 Å². The highest BCUT2D eigenvalue weighted by atomic mass is 35.5. The molecule has 3 heteroatoms. The summed E-state index contributed by atoms with van der Waals surface area (Å²) in [5.41, 5.74) is 5.04. The summed E-state index contributed by atoms with van der Waals surface area (Å²) in [6.45, 7) is 3.17. The Morgan fingerprint density at radius 2 is 1.84 bits per heavy atom. The first-order chi connectivity index (χ1) is 9.13. The Morgan fingerprint density at radius 1 is 1.05 bits per heavy atom. The van der Waals surface area contributed by atoms with Gasteiger partial charge in [0.2, 0.25) is 0 Å². The van der Waals surface area contributed by atoms with Gasteiger partial charge in [-0.3, -0.25) is 0 Å². The molecule has 0 N–H and O–H groups in total. The zero-order valence-electron chi connectivity index (χ0n) is 10.6. The lowest BCUT2D eigenvalue weighted by molar-refractivity contribution is 0.134. The van der Waals surface area contributed by atoms with E-state index in [4.69, 9.17) is 16.3 Å². The average Bonchev–Trinajstić information content (AvgIpc) is 2.83. The fourth-order valence-corrected chi connectivity index (χ4v) is 2.71. The Kier molecular flexibility index (Phi) is 3.29. The molecular formula is C16H14ClFO. The van der Waals surface area contributed by atoms with Gasteiger partial charge in [0.25, 0.3) is 0 Å². The number of hydrogen-bond donors (Lipinski definition) is 0. The third kappa shape index (κ3) is 2.51. The highest BCUT2D eigenvalue weighted by Gasteiger charge is 2.16. The number of alkyl halides is 1. The Morgan fingerprint density at radius 3 is 2.63 bits per heavy atom. The van der Waals surface area contributed by atoms with Crippen molar-refractivity contribution in [2.45, 2.75) is 25.5 Å². The number of halogens is 2. The van der Waals surface area contributed by atoms with Crippen LogP contribution < -0.4 is 0 Å². The number of hydrogen-bond acceptors (Lipinski definition) is 1. The van der Waals surface area contributed by atoms with Crippen LogP contribution in [0, 0.1) is 12.7 Å². The maximum Gasteiger partial charge on any atom is 0.123 e. The molecule has 1 aliphatic rings. The Hall–Kier alpha value is -1.38. The molecule has 1 heterocycles. The lowest BCUT2D eigenvalue weighted by Gasteiger charge is -2.12. The van der Waals surface area contributed by atoms with E-state index in [0.29, 0.717) is 13.2 Å². The molecule has 0 aliphatic carbocycles. The molecular weight excluding hydrogens is 263 g/mol. The van der Waals surface area contributed by atoms with Gasteiger partial charge in [-0.2, -0.15) is 0 Å². The first-order valence-electron chi connectivity index (χ1n) is 6.24. The van der Waals surface area contributed by atoms with Crippen LogP contribution in [0.3, 0.4) is 0 Å². The van der Waals surface area contributed by atoms with Crippen LogP contribution in [0.1, 0.15) is 33.2 Å². The second kappa shape index (κ2) is 4.95. The maximum absolute atomic E-state index is 13.4. The quantitative estimate of drug-likeness (QED) is 0.734. The van der Waals surface area contributed by atoms with Gasteiger partial charge in [0.15, 0.2) is 0 Å². The van der Waals surface area contributed by atoms with Gasteiger partial charge in [0, 0.05) is 0 Å². The SMILES string of the molecule is Cc1cc(F)cc(C(Cl)c2ccc3c(c2)COC3)c1. The normalized spacial score (nSPS) is 15.3. The fraction of sp³-hybridized carbons (Fsp3) is 0.250. The average molecular weight is 277 g/mol. The van der Waals surface area contributed by atoms with Crippen molar-refractivity contribution in [3.05, 3.63) is 70.0 Å². The molecule has 0 saturated heterocycles. The van der Waals surface area contributed by atoms with E-state index in [2.05, 4.69) is 6.07 Å². The van der Waals surface area contributed by atoms with E-state index in [0.717, 1.165) is 16.7 Å². The molecule has 0 bridgehead atoms. The molecule has 2 aromatic carbocycles. The van der Waals surface area contributed by atoms with E-state index in [1.807, 2.05) is 25.1 Å². The number of benzene rings is 2. The molecule has 0 saturated carbocycles. The molecule has 0 aromatic heterocycles. The zero-order valence-corrected chi connectivity index (χ0v) is 11.4. The molecule has 1 atom stereocenters. The standard InChI is InChI=1S/C16H14ClFO/c1-10-4-13(7-15(18)5-10)16(17)11-2-3-12-8-19-9-14(12)6-11/h2-7,16H,8-9H2,1H3. The molecule has 19 heavy (non-hydrogen) atoms. The van der Waals surface area contributed by atoms with Crippen molar-refractivity contribution in [3.8, 4) is 0 Å². The van der Waals surface area contributed by atoms with Crippen molar-refractivity contribution in [1.82, 2.24) is 0 Å². The second-order valence-corrected chi connectivity index (χ2v) is 5.38. The maximum atomic E-state index is 13.4. The predicted octanol–water partition coefficient (Wildman–Crippen LogP) is 4.49. The van der Waals surface area contributed by atoms with Crippen LogP contribution >= 0.6 is 11.6 Å². The summed E-state index contributed by atoms with van der Waals surface area (Å²) in [5, 5.41) is -0.333. The van der Waals surface area contributed by atoms with Crippen LogP contribution in [0.15, 0.2) is 36.4 Å². The van der Waals surface area contributed by atoms with Crippen molar-refractivity contribution in [1.29, 1.82) is 0 Å². The fourth-order valence-electron chi connectivity index (χ4n) is 2.45. The topological polar surface area (TPSA) is 9.23 Å². The number of ether oxygens (including phenoxy) is 1. The second-order valence-electron chi connectivity index (χ2n) is 4.95. The minimum Gasteiger partial charge on any atom is -0.372 e. The van der Waals surface area contributed by atoms with E-state index in [-0.39, 0.29) is 11.2 Å². The van der Waals surface area contributed by atoms with Crippen LogP contribution in [-0.2, 0) is 18.0 Å². The summed E-state index contributed by atoms with van der Waals surface area (Å²) in [4.78, 5) is 0. The van der Waals surface area contributed by atoms with Gasteiger partial charge in [-0.05, 0) is 46.9 Å². The highest BCUT2D eigenvalue weighted by Crippen LogP contribution is 2.32. The van der Waals surface area contributed by atoms with Gasteiger partial charge in [-0.15, -0.1) is 11.6 Å². The van der Waals surface area contributed by atoms with Crippen molar-refractivity contribution < 1.29 is 9.13 Å². The van der Waals surface area contributed by atoms with E-state index in [1.54, 1.807) is 0 Å². The van der Waals surface area contributed by atoms with Crippen molar-refractivity contribution >= 4 is 11.6 Å². The van der Waals surface area contributed by atoms with E-state index < -0.39 is 0 Å². The van der Waals surface area contributed by atoms with Gasteiger partial charge in [0.05, 0.1) is 18.6 Å². The monoisotopic (exact) mass is 276 g/mol. The molecule has 2 aromatic rings. The molecule has 1 unspecified atom stereocenters. The Balaban J connectivity index is 1.97. The third-order valence-corrected chi connectivity index (χ3v) is 3.90. The van der Waals surface area contributed by atoms with Gasteiger partial charge < -0.3 is 4.74 Å². The molecule has 0 radical (unpaired) electrons. The zero-order chi connectivity index (χ0) is 13.4. The Labute approximate surface area is 117 Å². The molecule has 0 spiro atoms. The lowest BCUT2D eigenvalue weighted by Crippen LogP contribution is -1.97. The highest BCUT2D eigenvalue weighted by molar-refractivity contribution is 6.22. The number of fused-ring (bicyclic) bond motifs is 1. The summed E-state index contributed by atoms with van der Waals surface area (Å²) < 4.78 is 18.8. The van der Waals surface area contributed by atoms with Crippen molar-refractivity contribution in [2.75, 3.05) is 0 Å². The number of rotatable bonds is 2. The van der Waals surface area contributed by atoms with Crippen LogP contribution in [-0.4, -0.2) is 0 Å².